The lowest BCUT2D eigenvalue weighted by Crippen LogP contribution is -2.57. The monoisotopic (exact) mass is 384 g/mol. The van der Waals surface area contributed by atoms with Crippen LogP contribution in [0.25, 0.3) is 0 Å². The number of aldehydes is 1. The van der Waals surface area contributed by atoms with Crippen LogP contribution in [0.15, 0.2) is 23.8 Å². The summed E-state index contributed by atoms with van der Waals surface area (Å²) in [5.74, 6) is 1.44. The molecule has 4 aliphatic carbocycles. The van der Waals surface area contributed by atoms with Crippen LogP contribution in [0.4, 0.5) is 0 Å². The van der Waals surface area contributed by atoms with E-state index in [2.05, 4.69) is 19.9 Å². The Morgan fingerprint density at radius 1 is 1.25 bits per heavy atom. The van der Waals surface area contributed by atoms with Crippen molar-refractivity contribution in [1.29, 1.82) is 0 Å². The van der Waals surface area contributed by atoms with Gasteiger partial charge >= 0.3 is 5.97 Å². The molecule has 0 spiro atoms. The number of fused-ring (bicyclic) bond motifs is 5. The average Bonchev–Trinajstić information content (AvgIpc) is 3.00. The van der Waals surface area contributed by atoms with E-state index < -0.39 is 0 Å². The molecule has 0 bridgehead atoms. The number of hydrogen-bond donors (Lipinski definition) is 0. The lowest BCUT2D eigenvalue weighted by molar-refractivity contribution is -0.178. The molecule has 0 amide bonds. The maximum atomic E-state index is 12.0. The molecule has 3 fully saturated rings. The fourth-order valence-electron chi connectivity index (χ4n) is 7.50. The van der Waals surface area contributed by atoms with Gasteiger partial charge in [-0.3, -0.25) is 9.59 Å². The Balaban J connectivity index is 1.76. The van der Waals surface area contributed by atoms with Crippen LogP contribution in [-0.4, -0.2) is 24.1 Å². The highest BCUT2D eigenvalue weighted by atomic mass is 16.5. The predicted molar refractivity (Wildman–Crippen MR) is 106 cm³/mol. The summed E-state index contributed by atoms with van der Waals surface area (Å²) < 4.78 is 5.96. The van der Waals surface area contributed by atoms with Gasteiger partial charge in [0.05, 0.1) is 0 Å². The molecule has 0 N–H and O–H groups in total. The lowest BCUT2D eigenvalue weighted by atomic mass is 9.46. The van der Waals surface area contributed by atoms with Crippen molar-refractivity contribution in [3.8, 4) is 0 Å². The van der Waals surface area contributed by atoms with E-state index in [0.29, 0.717) is 17.8 Å². The van der Waals surface area contributed by atoms with Crippen LogP contribution < -0.4 is 0 Å². The summed E-state index contributed by atoms with van der Waals surface area (Å²) in [6.07, 6.45) is 11.5. The number of ether oxygens (including phenoxy) is 1. The van der Waals surface area contributed by atoms with Crippen molar-refractivity contribution in [3.63, 3.8) is 0 Å². The van der Waals surface area contributed by atoms with Gasteiger partial charge in [0.2, 0.25) is 0 Å². The lowest BCUT2D eigenvalue weighted by Gasteiger charge is -2.59. The molecule has 0 aliphatic heterocycles. The molecule has 4 rings (SSSR count). The number of rotatable bonds is 3. The van der Waals surface area contributed by atoms with Crippen molar-refractivity contribution in [1.82, 2.24) is 0 Å². The van der Waals surface area contributed by atoms with Crippen molar-refractivity contribution in [2.24, 2.45) is 40.4 Å². The zero-order valence-corrected chi connectivity index (χ0v) is 17.4. The van der Waals surface area contributed by atoms with Gasteiger partial charge in [0.1, 0.15) is 12.4 Å². The van der Waals surface area contributed by atoms with E-state index >= 15 is 0 Å². The SMILES string of the molecule is CC(=O)O[C@H]1C[C@H]2[C@@H](CCC3=CC(=O)C=C[C@@]32C)[C@@H]2CC[C@H](C(C)C=O)[C@@]12C. The normalized spacial score (nSPS) is 45.4. The van der Waals surface area contributed by atoms with Crippen LogP contribution in [0.1, 0.15) is 59.8 Å². The maximum Gasteiger partial charge on any atom is 0.302 e. The number of hydrogen-bond acceptors (Lipinski definition) is 4. The highest BCUT2D eigenvalue weighted by Crippen LogP contribution is 2.67. The van der Waals surface area contributed by atoms with Crippen LogP contribution >= 0.6 is 0 Å². The smallest absolute Gasteiger partial charge is 0.302 e. The van der Waals surface area contributed by atoms with Gasteiger partial charge in [0, 0.05) is 23.7 Å². The van der Waals surface area contributed by atoms with Crippen molar-refractivity contribution in [2.75, 3.05) is 0 Å². The molecule has 8 atom stereocenters. The first kappa shape index (κ1) is 19.6. The van der Waals surface area contributed by atoms with Crippen LogP contribution in [0.3, 0.4) is 0 Å². The van der Waals surface area contributed by atoms with E-state index in [4.69, 9.17) is 4.74 Å². The van der Waals surface area contributed by atoms with Gasteiger partial charge in [-0.25, -0.2) is 0 Å². The van der Waals surface area contributed by atoms with E-state index in [1.807, 2.05) is 13.0 Å². The molecule has 28 heavy (non-hydrogen) atoms. The quantitative estimate of drug-likeness (QED) is 0.538. The molecular weight excluding hydrogens is 352 g/mol. The Morgan fingerprint density at radius 3 is 2.68 bits per heavy atom. The zero-order valence-electron chi connectivity index (χ0n) is 17.4. The molecule has 0 aromatic rings. The summed E-state index contributed by atoms with van der Waals surface area (Å²) in [6, 6.07) is 0. The molecule has 0 heterocycles. The fraction of sp³-hybridized carbons (Fsp3) is 0.708. The molecule has 0 radical (unpaired) electrons. The summed E-state index contributed by atoms with van der Waals surface area (Å²) in [5, 5.41) is 0. The van der Waals surface area contributed by atoms with Gasteiger partial charge in [-0.05, 0) is 67.9 Å². The van der Waals surface area contributed by atoms with Crippen LogP contribution in [0, 0.1) is 40.4 Å². The molecule has 0 aromatic carbocycles. The van der Waals surface area contributed by atoms with Crippen molar-refractivity contribution >= 4 is 18.0 Å². The third-order valence-electron chi connectivity index (χ3n) is 8.86. The van der Waals surface area contributed by atoms with Crippen LogP contribution in [0.2, 0.25) is 0 Å². The fourth-order valence-corrected chi connectivity index (χ4v) is 7.50. The third-order valence-corrected chi connectivity index (χ3v) is 8.86. The largest absolute Gasteiger partial charge is 0.462 e. The molecule has 3 saturated carbocycles. The van der Waals surface area contributed by atoms with Crippen molar-refractivity contribution in [2.45, 2.75) is 65.9 Å². The van der Waals surface area contributed by atoms with Crippen molar-refractivity contribution < 1.29 is 19.1 Å². The Morgan fingerprint density at radius 2 is 2.00 bits per heavy atom. The first-order valence-corrected chi connectivity index (χ1v) is 10.8. The van der Waals surface area contributed by atoms with Gasteiger partial charge in [-0.2, -0.15) is 0 Å². The summed E-state index contributed by atoms with van der Waals surface area (Å²) >= 11 is 0. The first-order chi connectivity index (χ1) is 13.2. The molecule has 4 heteroatoms. The summed E-state index contributed by atoms with van der Waals surface area (Å²) in [4.78, 5) is 35.6. The van der Waals surface area contributed by atoms with E-state index in [1.165, 1.54) is 12.5 Å². The highest BCUT2D eigenvalue weighted by molar-refractivity contribution is 6.01. The second-order valence-electron chi connectivity index (χ2n) is 9.98. The number of carbonyl (C=O) groups excluding carboxylic acids is 3. The van der Waals surface area contributed by atoms with Gasteiger partial charge in [0.15, 0.2) is 5.78 Å². The summed E-state index contributed by atoms with van der Waals surface area (Å²) in [7, 11) is 0. The molecule has 0 aromatic heterocycles. The van der Waals surface area contributed by atoms with Gasteiger partial charge in [-0.15, -0.1) is 0 Å². The minimum atomic E-state index is -0.237. The Kier molecular flexibility index (Phi) is 4.67. The minimum Gasteiger partial charge on any atom is -0.462 e. The van der Waals surface area contributed by atoms with Crippen LogP contribution in [0.5, 0.6) is 0 Å². The molecule has 0 saturated heterocycles. The average molecular weight is 385 g/mol. The van der Waals surface area contributed by atoms with E-state index in [-0.39, 0.29) is 40.5 Å². The van der Waals surface area contributed by atoms with Gasteiger partial charge in [-0.1, -0.05) is 32.4 Å². The standard InChI is InChI=1S/C24H32O4/c1-14(13-25)19-7-8-20-18-6-5-16-11-17(27)9-10-23(16,3)21(18)12-22(24(19,20)4)28-15(2)26/h9-11,13-14,18-22H,5-8,12H2,1-4H3/t14?,18-,19+,20-,21-,22-,23-,24+/m0/s1. The number of carbonyl (C=O) groups is 3. The number of esters is 1. The third kappa shape index (κ3) is 2.67. The van der Waals surface area contributed by atoms with Gasteiger partial charge in [0.25, 0.3) is 0 Å². The Hall–Kier alpha value is -1.71. The maximum absolute atomic E-state index is 12.0. The molecule has 1 unspecified atom stereocenters. The summed E-state index contributed by atoms with van der Waals surface area (Å²) in [6.45, 7) is 8.03. The Bertz CT molecular complexity index is 765. The molecule has 4 nitrogen and oxygen atoms in total. The first-order valence-electron chi connectivity index (χ1n) is 10.8. The van der Waals surface area contributed by atoms with E-state index in [0.717, 1.165) is 38.4 Å². The van der Waals surface area contributed by atoms with E-state index in [9.17, 15) is 14.4 Å². The van der Waals surface area contributed by atoms with E-state index in [1.54, 1.807) is 6.08 Å². The highest BCUT2D eigenvalue weighted by Gasteiger charge is 2.63. The van der Waals surface area contributed by atoms with Crippen molar-refractivity contribution in [3.05, 3.63) is 23.8 Å². The Labute approximate surface area is 167 Å². The molecule has 152 valence electrons. The van der Waals surface area contributed by atoms with Crippen LogP contribution in [-0.2, 0) is 19.1 Å². The zero-order chi connectivity index (χ0) is 20.3. The molecule has 4 aliphatic rings. The summed E-state index contributed by atoms with van der Waals surface area (Å²) in [5.41, 5.74) is 0.950. The number of ketones is 1. The second-order valence-corrected chi connectivity index (χ2v) is 9.98. The second kappa shape index (κ2) is 6.67. The number of allylic oxidation sites excluding steroid dienone is 4. The molecular formula is C24H32O4. The predicted octanol–water partition coefficient (Wildman–Crippen LogP) is 4.29. The topological polar surface area (TPSA) is 60.4 Å². The minimum absolute atomic E-state index is 0.0218. The van der Waals surface area contributed by atoms with Gasteiger partial charge < -0.3 is 9.53 Å².